The molecule has 1 aromatic heterocycles. The Kier molecular flexibility index (Phi) is 7.95. The number of carbonyl (C=O) groups excluding carboxylic acids is 2. The zero-order valence-electron chi connectivity index (χ0n) is 16.9. The van der Waals surface area contributed by atoms with Crippen molar-refractivity contribution in [1.82, 2.24) is 14.8 Å². The van der Waals surface area contributed by atoms with Crippen molar-refractivity contribution in [2.45, 2.75) is 25.5 Å². The van der Waals surface area contributed by atoms with Crippen LogP contribution in [0.25, 0.3) is 11.4 Å². The molecule has 0 atom stereocenters. The summed E-state index contributed by atoms with van der Waals surface area (Å²) >= 11 is 13.4. The van der Waals surface area contributed by atoms with Crippen molar-refractivity contribution in [2.24, 2.45) is 0 Å². The first-order valence-electron chi connectivity index (χ1n) is 9.51. The maximum Gasteiger partial charge on any atom is 0.338 e. The number of anilines is 1. The van der Waals surface area contributed by atoms with Crippen LogP contribution in [-0.2, 0) is 16.1 Å². The molecule has 7 nitrogen and oxygen atoms in total. The second-order valence-corrected chi connectivity index (χ2v) is 8.07. The van der Waals surface area contributed by atoms with Gasteiger partial charge >= 0.3 is 5.97 Å². The van der Waals surface area contributed by atoms with E-state index in [2.05, 4.69) is 15.5 Å². The Morgan fingerprint density at radius 3 is 2.45 bits per heavy atom. The molecule has 0 unspecified atom stereocenters. The molecule has 10 heteroatoms. The molecule has 1 heterocycles. The predicted molar refractivity (Wildman–Crippen MR) is 123 cm³/mol. The van der Waals surface area contributed by atoms with Crippen LogP contribution in [0.4, 0.5) is 5.69 Å². The lowest BCUT2D eigenvalue weighted by atomic mass is 10.2. The third-order valence-electron chi connectivity index (χ3n) is 4.22. The number of ether oxygens (including phenoxy) is 1. The predicted octanol–water partition coefficient (Wildman–Crippen LogP) is 5.18. The van der Waals surface area contributed by atoms with Crippen LogP contribution in [0.15, 0.2) is 47.6 Å². The fourth-order valence-electron chi connectivity index (χ4n) is 2.76. The zero-order valence-corrected chi connectivity index (χ0v) is 19.2. The van der Waals surface area contributed by atoms with Crippen LogP contribution < -0.4 is 5.32 Å². The first kappa shape index (κ1) is 23.1. The van der Waals surface area contributed by atoms with Crippen LogP contribution in [0.5, 0.6) is 0 Å². The maximum absolute atomic E-state index is 12.4. The van der Waals surface area contributed by atoms with E-state index < -0.39 is 5.97 Å². The maximum atomic E-state index is 12.4. The summed E-state index contributed by atoms with van der Waals surface area (Å²) in [6.45, 7) is 4.65. The van der Waals surface area contributed by atoms with Gasteiger partial charge in [-0.25, -0.2) is 4.79 Å². The molecule has 0 aliphatic carbocycles. The number of halogens is 2. The van der Waals surface area contributed by atoms with E-state index >= 15 is 0 Å². The molecule has 3 aromatic rings. The first-order valence-corrected chi connectivity index (χ1v) is 11.3. The van der Waals surface area contributed by atoms with E-state index in [0.717, 1.165) is 5.56 Å². The third-order valence-corrected chi connectivity index (χ3v) is 5.93. The number of nitrogens with zero attached hydrogens (tertiary/aromatic N) is 3. The molecule has 2 aromatic carbocycles. The molecular weight excluding hydrogens is 459 g/mol. The summed E-state index contributed by atoms with van der Waals surface area (Å²) in [4.78, 5) is 24.0. The summed E-state index contributed by atoms with van der Waals surface area (Å²) in [6, 6.07) is 11.8. The molecule has 0 saturated carbocycles. The van der Waals surface area contributed by atoms with E-state index in [-0.39, 0.29) is 11.7 Å². The smallest absolute Gasteiger partial charge is 0.338 e. The number of rotatable bonds is 8. The van der Waals surface area contributed by atoms with E-state index in [4.69, 9.17) is 27.9 Å². The Hall–Kier alpha value is -2.55. The van der Waals surface area contributed by atoms with E-state index in [9.17, 15) is 9.59 Å². The van der Waals surface area contributed by atoms with Crippen molar-refractivity contribution < 1.29 is 14.3 Å². The minimum atomic E-state index is -0.396. The van der Waals surface area contributed by atoms with Gasteiger partial charge < -0.3 is 14.6 Å². The molecule has 1 N–H and O–H groups in total. The van der Waals surface area contributed by atoms with Gasteiger partial charge in [0.2, 0.25) is 5.91 Å². The van der Waals surface area contributed by atoms with Gasteiger partial charge in [0, 0.05) is 17.8 Å². The van der Waals surface area contributed by atoms with Crippen LogP contribution in [0.3, 0.4) is 0 Å². The van der Waals surface area contributed by atoms with Crippen LogP contribution in [-0.4, -0.2) is 39.0 Å². The highest BCUT2D eigenvalue weighted by atomic mass is 35.5. The van der Waals surface area contributed by atoms with Gasteiger partial charge in [0.05, 0.1) is 28.0 Å². The van der Waals surface area contributed by atoms with Crippen molar-refractivity contribution in [3.63, 3.8) is 0 Å². The SMILES string of the molecule is CCOC(=O)c1ccc(NC(=O)CSc2nnc(-c3ccc(Cl)c(Cl)c3)n2CC)cc1. The lowest BCUT2D eigenvalue weighted by Crippen LogP contribution is -2.15. The Labute approximate surface area is 194 Å². The van der Waals surface area contributed by atoms with Crippen LogP contribution in [0, 0.1) is 0 Å². The Morgan fingerprint density at radius 2 is 1.81 bits per heavy atom. The summed E-state index contributed by atoms with van der Waals surface area (Å²) in [5.74, 6) is 0.209. The molecule has 0 spiro atoms. The van der Waals surface area contributed by atoms with Gasteiger partial charge in [-0.15, -0.1) is 10.2 Å². The minimum absolute atomic E-state index is 0.152. The molecule has 162 valence electrons. The highest BCUT2D eigenvalue weighted by Crippen LogP contribution is 2.29. The normalized spacial score (nSPS) is 10.7. The van der Waals surface area contributed by atoms with Crippen molar-refractivity contribution in [2.75, 3.05) is 17.7 Å². The number of benzene rings is 2. The topological polar surface area (TPSA) is 86.1 Å². The lowest BCUT2D eigenvalue weighted by Gasteiger charge is -2.09. The van der Waals surface area contributed by atoms with Gasteiger partial charge in [0.15, 0.2) is 11.0 Å². The molecule has 0 saturated heterocycles. The molecule has 0 bridgehead atoms. The molecule has 0 radical (unpaired) electrons. The van der Waals surface area contributed by atoms with E-state index in [1.165, 1.54) is 11.8 Å². The van der Waals surface area contributed by atoms with Gasteiger partial charge in [0.1, 0.15) is 0 Å². The molecule has 0 aliphatic heterocycles. The third kappa shape index (κ3) is 5.78. The number of nitrogens with one attached hydrogen (secondary N) is 1. The number of amides is 1. The number of thioether (sulfide) groups is 1. The monoisotopic (exact) mass is 478 g/mol. The standard InChI is InChI=1S/C21H20Cl2N4O3S/c1-3-27-19(14-7-10-16(22)17(23)11-14)25-26-21(27)31-12-18(28)24-15-8-5-13(6-9-15)20(29)30-4-2/h5-11H,3-4,12H2,1-2H3,(H,24,28). The average Bonchev–Trinajstić information content (AvgIpc) is 3.18. The molecule has 0 aliphatic rings. The summed E-state index contributed by atoms with van der Waals surface area (Å²) in [5.41, 5.74) is 1.81. The Balaban J connectivity index is 1.63. The van der Waals surface area contributed by atoms with E-state index in [0.29, 0.717) is 45.4 Å². The number of carbonyl (C=O) groups is 2. The minimum Gasteiger partial charge on any atom is -0.462 e. The molecule has 3 rings (SSSR count). The number of hydrogen-bond donors (Lipinski definition) is 1. The zero-order chi connectivity index (χ0) is 22.4. The molecule has 31 heavy (non-hydrogen) atoms. The average molecular weight is 479 g/mol. The van der Waals surface area contributed by atoms with Crippen LogP contribution >= 0.6 is 35.0 Å². The second kappa shape index (κ2) is 10.7. The summed E-state index contributed by atoms with van der Waals surface area (Å²) in [5, 5.41) is 12.8. The van der Waals surface area contributed by atoms with Crippen molar-refractivity contribution in [3.8, 4) is 11.4 Å². The van der Waals surface area contributed by atoms with Crippen molar-refractivity contribution in [3.05, 3.63) is 58.1 Å². The van der Waals surface area contributed by atoms with E-state index in [1.807, 2.05) is 17.6 Å². The Morgan fingerprint density at radius 1 is 1.06 bits per heavy atom. The summed E-state index contributed by atoms with van der Waals surface area (Å²) in [7, 11) is 0. The van der Waals surface area contributed by atoms with Gasteiger partial charge in [-0.3, -0.25) is 4.79 Å². The fourth-order valence-corrected chi connectivity index (χ4v) is 3.86. The molecule has 0 fully saturated rings. The lowest BCUT2D eigenvalue weighted by molar-refractivity contribution is -0.113. The van der Waals surface area contributed by atoms with Crippen LogP contribution in [0.1, 0.15) is 24.2 Å². The fraction of sp³-hybridized carbons (Fsp3) is 0.238. The van der Waals surface area contributed by atoms with Gasteiger partial charge in [-0.1, -0.05) is 35.0 Å². The van der Waals surface area contributed by atoms with Gasteiger partial charge in [0.25, 0.3) is 0 Å². The molecule has 1 amide bonds. The highest BCUT2D eigenvalue weighted by molar-refractivity contribution is 7.99. The largest absolute Gasteiger partial charge is 0.462 e. The Bertz CT molecular complexity index is 1090. The number of aromatic nitrogens is 3. The molecular formula is C21H20Cl2N4O3S. The van der Waals surface area contributed by atoms with Gasteiger partial charge in [-0.2, -0.15) is 0 Å². The second-order valence-electron chi connectivity index (χ2n) is 6.31. The first-order chi connectivity index (χ1) is 14.9. The summed E-state index contributed by atoms with van der Waals surface area (Å²) in [6.07, 6.45) is 0. The number of hydrogen-bond acceptors (Lipinski definition) is 6. The number of esters is 1. The highest BCUT2D eigenvalue weighted by Gasteiger charge is 2.16. The van der Waals surface area contributed by atoms with E-state index in [1.54, 1.807) is 43.3 Å². The quantitative estimate of drug-likeness (QED) is 0.354. The van der Waals surface area contributed by atoms with Crippen LogP contribution in [0.2, 0.25) is 10.0 Å². The van der Waals surface area contributed by atoms with Crippen molar-refractivity contribution >= 4 is 52.5 Å². The van der Waals surface area contributed by atoms with Crippen molar-refractivity contribution in [1.29, 1.82) is 0 Å². The van der Waals surface area contributed by atoms with Gasteiger partial charge in [-0.05, 0) is 56.3 Å². The summed E-state index contributed by atoms with van der Waals surface area (Å²) < 4.78 is 6.85.